The van der Waals surface area contributed by atoms with Crippen molar-refractivity contribution in [1.82, 2.24) is 10.2 Å². The second-order valence-electron chi connectivity index (χ2n) is 8.37. The summed E-state index contributed by atoms with van der Waals surface area (Å²) in [7, 11) is 0. The number of nitrogens with zero attached hydrogens (tertiary/aromatic N) is 1. The minimum Gasteiger partial charge on any atom is -0.444 e. The molecule has 0 radical (unpaired) electrons. The summed E-state index contributed by atoms with van der Waals surface area (Å²) in [6, 6.07) is 9.39. The molecular weight excluding hydrogens is 335 g/mol. The van der Waals surface area contributed by atoms with Gasteiger partial charge in [0.05, 0.1) is 11.6 Å². The summed E-state index contributed by atoms with van der Waals surface area (Å²) < 4.78 is 20.2. The predicted molar refractivity (Wildman–Crippen MR) is 96.3 cm³/mol. The maximum atomic E-state index is 14.8. The molecule has 2 amide bonds. The third kappa shape index (κ3) is 3.69. The average molecular weight is 362 g/mol. The van der Waals surface area contributed by atoms with Crippen LogP contribution in [0.4, 0.5) is 9.18 Å². The zero-order valence-corrected chi connectivity index (χ0v) is 15.8. The van der Waals surface area contributed by atoms with Gasteiger partial charge in [-0.15, -0.1) is 0 Å². The number of likely N-dealkylation sites (tertiary alicyclic amines) is 1. The maximum absolute atomic E-state index is 14.8. The van der Waals surface area contributed by atoms with Crippen LogP contribution in [0.25, 0.3) is 0 Å². The van der Waals surface area contributed by atoms with Crippen molar-refractivity contribution in [2.45, 2.75) is 63.9 Å². The number of carbonyl (C=O) groups excluding carboxylic acids is 2. The minimum atomic E-state index is -1.60. The van der Waals surface area contributed by atoms with Crippen LogP contribution in [0, 0.1) is 5.92 Å². The molecule has 1 N–H and O–H groups in total. The lowest BCUT2D eigenvalue weighted by molar-refractivity contribution is -0.133. The zero-order valence-electron chi connectivity index (χ0n) is 15.8. The number of rotatable bonds is 4. The molecule has 0 aromatic heterocycles. The highest BCUT2D eigenvalue weighted by Crippen LogP contribution is 2.48. The first-order valence-electron chi connectivity index (χ1n) is 9.14. The fourth-order valence-corrected chi connectivity index (χ4v) is 3.67. The summed E-state index contributed by atoms with van der Waals surface area (Å²) in [5, 5.41) is 2.84. The fraction of sp³-hybridized carbons (Fsp3) is 0.600. The summed E-state index contributed by atoms with van der Waals surface area (Å²) in [5.74, 6) is -1.04. The molecule has 142 valence electrons. The second kappa shape index (κ2) is 6.56. The SMILES string of the molecule is CC(c1ccccc1)N1CC(C2(NC(=O)OC(C)(C)C)CC2)C(F)C1=O. The Kier molecular flexibility index (Phi) is 4.71. The fourth-order valence-electron chi connectivity index (χ4n) is 3.67. The summed E-state index contributed by atoms with van der Waals surface area (Å²) in [6.45, 7) is 7.56. The highest BCUT2D eigenvalue weighted by atomic mass is 19.1. The Morgan fingerprint density at radius 3 is 2.46 bits per heavy atom. The zero-order chi connectivity index (χ0) is 19.1. The van der Waals surface area contributed by atoms with E-state index in [9.17, 15) is 14.0 Å². The monoisotopic (exact) mass is 362 g/mol. The first kappa shape index (κ1) is 18.7. The van der Waals surface area contributed by atoms with Gasteiger partial charge in [-0.05, 0) is 46.1 Å². The topological polar surface area (TPSA) is 58.6 Å². The molecule has 0 spiro atoms. The Balaban J connectivity index is 1.71. The Labute approximate surface area is 153 Å². The van der Waals surface area contributed by atoms with E-state index in [2.05, 4.69) is 5.32 Å². The van der Waals surface area contributed by atoms with E-state index in [0.29, 0.717) is 19.4 Å². The van der Waals surface area contributed by atoms with Crippen LogP contribution in [-0.2, 0) is 9.53 Å². The van der Waals surface area contributed by atoms with Gasteiger partial charge in [-0.2, -0.15) is 0 Å². The Hall–Kier alpha value is -2.11. The summed E-state index contributed by atoms with van der Waals surface area (Å²) in [4.78, 5) is 26.3. The molecule has 1 heterocycles. The van der Waals surface area contributed by atoms with Gasteiger partial charge in [0.1, 0.15) is 5.60 Å². The van der Waals surface area contributed by atoms with Crippen molar-refractivity contribution in [2.75, 3.05) is 6.54 Å². The molecule has 0 bridgehead atoms. The van der Waals surface area contributed by atoms with Gasteiger partial charge in [-0.1, -0.05) is 30.3 Å². The van der Waals surface area contributed by atoms with Crippen LogP contribution in [0.3, 0.4) is 0 Å². The molecule has 5 nitrogen and oxygen atoms in total. The van der Waals surface area contributed by atoms with Crippen molar-refractivity contribution in [3.8, 4) is 0 Å². The molecule has 3 unspecified atom stereocenters. The van der Waals surface area contributed by atoms with Crippen molar-refractivity contribution in [3.05, 3.63) is 35.9 Å². The van der Waals surface area contributed by atoms with Crippen molar-refractivity contribution in [3.63, 3.8) is 0 Å². The number of alkyl halides is 1. The van der Waals surface area contributed by atoms with E-state index >= 15 is 0 Å². The predicted octanol–water partition coefficient (Wildman–Crippen LogP) is 3.60. The molecule has 6 heteroatoms. The van der Waals surface area contributed by atoms with E-state index in [1.54, 1.807) is 25.7 Å². The lowest BCUT2D eigenvalue weighted by Crippen LogP contribution is -2.48. The van der Waals surface area contributed by atoms with Crippen molar-refractivity contribution < 1.29 is 18.7 Å². The Bertz CT molecular complexity index is 682. The Morgan fingerprint density at radius 1 is 1.31 bits per heavy atom. The van der Waals surface area contributed by atoms with Crippen molar-refractivity contribution in [2.24, 2.45) is 5.92 Å². The van der Waals surface area contributed by atoms with Crippen LogP contribution in [0.1, 0.15) is 52.1 Å². The normalized spacial score (nSPS) is 25.7. The lowest BCUT2D eigenvalue weighted by atomic mass is 9.94. The number of amides is 2. The summed E-state index contributed by atoms with van der Waals surface area (Å²) in [6.07, 6.45) is -0.820. The van der Waals surface area contributed by atoms with E-state index in [1.165, 1.54) is 0 Å². The molecule has 1 aromatic rings. The molecule has 3 atom stereocenters. The minimum absolute atomic E-state index is 0.204. The van der Waals surface area contributed by atoms with Gasteiger partial charge in [-0.25, -0.2) is 9.18 Å². The molecular formula is C20H27FN2O3. The van der Waals surface area contributed by atoms with Gasteiger partial charge in [0.25, 0.3) is 5.91 Å². The van der Waals surface area contributed by atoms with Crippen LogP contribution in [-0.4, -0.2) is 40.8 Å². The lowest BCUT2D eigenvalue weighted by Gasteiger charge is -2.28. The standard InChI is InChI=1S/C20H27FN2O3/c1-13(14-8-6-5-7-9-14)23-12-15(16(21)17(23)24)20(10-11-20)22-18(25)26-19(2,3)4/h5-9,13,15-16H,10-12H2,1-4H3,(H,22,25). The average Bonchev–Trinajstić information content (AvgIpc) is 3.26. The van der Waals surface area contributed by atoms with E-state index < -0.39 is 35.2 Å². The number of nitrogens with one attached hydrogen (secondary N) is 1. The third-order valence-corrected chi connectivity index (χ3v) is 5.26. The number of carbonyl (C=O) groups is 2. The van der Waals surface area contributed by atoms with Crippen LogP contribution in [0.5, 0.6) is 0 Å². The molecule has 26 heavy (non-hydrogen) atoms. The van der Waals surface area contributed by atoms with Crippen LogP contribution >= 0.6 is 0 Å². The number of benzene rings is 1. The molecule has 1 saturated carbocycles. The van der Waals surface area contributed by atoms with Gasteiger partial charge >= 0.3 is 6.09 Å². The van der Waals surface area contributed by atoms with E-state index in [4.69, 9.17) is 4.74 Å². The van der Waals surface area contributed by atoms with Crippen molar-refractivity contribution >= 4 is 12.0 Å². The highest BCUT2D eigenvalue weighted by Gasteiger charge is 2.60. The van der Waals surface area contributed by atoms with Crippen LogP contribution < -0.4 is 5.32 Å². The number of halogens is 1. The van der Waals surface area contributed by atoms with E-state index in [0.717, 1.165) is 5.56 Å². The van der Waals surface area contributed by atoms with Gasteiger partial charge < -0.3 is 15.0 Å². The van der Waals surface area contributed by atoms with Gasteiger partial charge in [0.15, 0.2) is 6.17 Å². The molecule has 2 aliphatic rings. The second-order valence-corrected chi connectivity index (χ2v) is 8.37. The quantitative estimate of drug-likeness (QED) is 0.890. The number of ether oxygens (including phenoxy) is 1. The van der Waals surface area contributed by atoms with Gasteiger partial charge in [0, 0.05) is 12.5 Å². The third-order valence-electron chi connectivity index (χ3n) is 5.26. The Morgan fingerprint density at radius 2 is 1.92 bits per heavy atom. The summed E-state index contributed by atoms with van der Waals surface area (Å²) >= 11 is 0. The van der Waals surface area contributed by atoms with Crippen LogP contribution in [0.15, 0.2) is 30.3 Å². The molecule has 1 aliphatic heterocycles. The summed E-state index contributed by atoms with van der Waals surface area (Å²) in [5.41, 5.74) is -0.323. The highest BCUT2D eigenvalue weighted by molar-refractivity contribution is 5.84. The molecule has 1 aromatic carbocycles. The number of alkyl carbamates (subject to hydrolysis) is 1. The van der Waals surface area contributed by atoms with Gasteiger partial charge in [0.2, 0.25) is 0 Å². The molecule has 1 aliphatic carbocycles. The smallest absolute Gasteiger partial charge is 0.408 e. The number of hydrogen-bond acceptors (Lipinski definition) is 3. The number of hydrogen-bond donors (Lipinski definition) is 1. The largest absolute Gasteiger partial charge is 0.444 e. The first-order valence-corrected chi connectivity index (χ1v) is 9.14. The molecule has 1 saturated heterocycles. The molecule has 3 rings (SSSR count). The van der Waals surface area contributed by atoms with E-state index in [-0.39, 0.29) is 6.04 Å². The first-order chi connectivity index (χ1) is 12.1. The van der Waals surface area contributed by atoms with Crippen molar-refractivity contribution in [1.29, 1.82) is 0 Å². The van der Waals surface area contributed by atoms with E-state index in [1.807, 2.05) is 37.3 Å². The maximum Gasteiger partial charge on any atom is 0.408 e. The molecule has 2 fully saturated rings. The van der Waals surface area contributed by atoms with Crippen LogP contribution in [0.2, 0.25) is 0 Å². The van der Waals surface area contributed by atoms with Gasteiger partial charge in [-0.3, -0.25) is 4.79 Å².